The van der Waals surface area contributed by atoms with Crippen LogP contribution in [0.1, 0.15) is 48.4 Å². The van der Waals surface area contributed by atoms with Gasteiger partial charge in [-0.3, -0.25) is 14.5 Å². The number of alkyl halides is 3. The third-order valence-corrected chi connectivity index (χ3v) is 7.99. The maximum Gasteiger partial charge on any atom is 0.416 e. The summed E-state index contributed by atoms with van der Waals surface area (Å²) in [6, 6.07) is 11.4. The Morgan fingerprint density at radius 2 is 1.92 bits per heavy atom. The minimum absolute atomic E-state index is 0.0345. The molecule has 0 aromatic heterocycles. The molecule has 0 spiro atoms. The number of hydrogen-bond acceptors (Lipinski definition) is 5. The van der Waals surface area contributed by atoms with E-state index in [1.807, 2.05) is 12.1 Å². The molecule has 2 fully saturated rings. The smallest absolute Gasteiger partial charge is 0.416 e. The molecule has 1 aliphatic heterocycles. The van der Waals surface area contributed by atoms with Crippen molar-refractivity contribution in [3.05, 3.63) is 64.7 Å². The van der Waals surface area contributed by atoms with E-state index >= 15 is 0 Å². The quantitative estimate of drug-likeness (QED) is 0.399. The third kappa shape index (κ3) is 6.93. The first-order chi connectivity index (χ1) is 18.7. The molecule has 1 heterocycles. The molecule has 2 aromatic rings. The molecule has 3 aliphatic rings. The molecule has 1 N–H and O–H groups in total. The van der Waals surface area contributed by atoms with E-state index in [0.717, 1.165) is 43.7 Å². The number of fused-ring (bicyclic) bond motifs is 1. The highest BCUT2D eigenvalue weighted by Crippen LogP contribution is 2.41. The zero-order chi connectivity index (χ0) is 27.6. The molecule has 210 valence electrons. The van der Waals surface area contributed by atoms with Crippen LogP contribution in [0.4, 0.5) is 18.9 Å². The van der Waals surface area contributed by atoms with Gasteiger partial charge in [0.1, 0.15) is 0 Å². The van der Waals surface area contributed by atoms with Crippen LogP contribution in [0.25, 0.3) is 0 Å². The lowest BCUT2D eigenvalue weighted by molar-refractivity contribution is -0.145. The lowest BCUT2D eigenvalue weighted by Crippen LogP contribution is -2.38. The minimum atomic E-state index is -4.52. The number of ether oxygens (including phenoxy) is 1. The van der Waals surface area contributed by atoms with E-state index in [-0.39, 0.29) is 55.5 Å². The predicted octanol–water partition coefficient (Wildman–Crippen LogP) is 5.11. The summed E-state index contributed by atoms with van der Waals surface area (Å²) in [7, 11) is 0. The first-order valence-corrected chi connectivity index (χ1v) is 13.9. The van der Waals surface area contributed by atoms with Crippen molar-refractivity contribution in [3.8, 4) is 0 Å². The molecular weight excluding hydrogens is 507 g/mol. The molecule has 9 heteroatoms. The minimum Gasteiger partial charge on any atom is -0.466 e. The van der Waals surface area contributed by atoms with Crippen molar-refractivity contribution in [1.29, 1.82) is 0 Å². The normalized spacial score (nSPS) is 20.7. The molecule has 2 aliphatic carbocycles. The molecule has 39 heavy (non-hydrogen) atoms. The van der Waals surface area contributed by atoms with Crippen LogP contribution in [0.3, 0.4) is 0 Å². The molecule has 6 nitrogen and oxygen atoms in total. The monoisotopic (exact) mass is 543 g/mol. The number of esters is 1. The lowest BCUT2D eigenvalue weighted by atomic mass is 9.97. The highest BCUT2D eigenvalue weighted by Gasteiger charge is 2.45. The second kappa shape index (κ2) is 11.6. The zero-order valence-corrected chi connectivity index (χ0v) is 22.3. The standard InChI is InChI=1S/C30H36F3N3O3/c1-2-39-29(38)25-14-23(25)19-36(18-22-6-3-4-8-26(22)30(31,32)33)28(37)15-34-27-9-5-7-21-17-35(13-12-24(21)27)16-20-10-11-20/h3-9,20,23,25,34H,2,10-19H2,1H3/t23-,25+/m0/s1. The van der Waals surface area contributed by atoms with E-state index in [9.17, 15) is 22.8 Å². The van der Waals surface area contributed by atoms with Crippen LogP contribution in [-0.4, -0.2) is 54.5 Å². The van der Waals surface area contributed by atoms with Gasteiger partial charge in [-0.2, -0.15) is 13.2 Å². The van der Waals surface area contributed by atoms with Gasteiger partial charge < -0.3 is 15.0 Å². The highest BCUT2D eigenvalue weighted by molar-refractivity contribution is 5.82. The summed E-state index contributed by atoms with van der Waals surface area (Å²) in [5.74, 6) is -0.215. The number of anilines is 1. The number of nitrogens with zero attached hydrogens (tertiary/aromatic N) is 2. The molecule has 0 unspecified atom stereocenters. The van der Waals surface area contributed by atoms with E-state index in [0.29, 0.717) is 6.42 Å². The fraction of sp³-hybridized carbons (Fsp3) is 0.533. The Hall–Kier alpha value is -3.07. The van der Waals surface area contributed by atoms with Crippen LogP contribution in [0.2, 0.25) is 0 Å². The van der Waals surface area contributed by atoms with Crippen LogP contribution >= 0.6 is 0 Å². The topological polar surface area (TPSA) is 61.9 Å². The first-order valence-electron chi connectivity index (χ1n) is 13.9. The van der Waals surface area contributed by atoms with Gasteiger partial charge in [-0.05, 0) is 73.3 Å². The highest BCUT2D eigenvalue weighted by atomic mass is 19.4. The van der Waals surface area contributed by atoms with Gasteiger partial charge in [-0.25, -0.2) is 0 Å². The lowest BCUT2D eigenvalue weighted by Gasteiger charge is -2.30. The average Bonchev–Trinajstić information content (AvgIpc) is 3.84. The van der Waals surface area contributed by atoms with E-state index in [1.165, 1.54) is 41.0 Å². The Morgan fingerprint density at radius 1 is 1.13 bits per heavy atom. The fourth-order valence-corrected chi connectivity index (χ4v) is 5.60. The molecule has 1 amide bonds. The summed E-state index contributed by atoms with van der Waals surface area (Å²) < 4.78 is 46.1. The number of nitrogens with one attached hydrogen (secondary N) is 1. The Labute approximate surface area is 227 Å². The maximum atomic E-state index is 13.7. The number of carbonyl (C=O) groups excluding carboxylic acids is 2. The van der Waals surface area contributed by atoms with E-state index in [4.69, 9.17) is 4.74 Å². The molecule has 2 aromatic carbocycles. The van der Waals surface area contributed by atoms with Crippen molar-refractivity contribution in [1.82, 2.24) is 9.80 Å². The molecular formula is C30H36F3N3O3. The Bertz CT molecular complexity index is 1200. The largest absolute Gasteiger partial charge is 0.466 e. The van der Waals surface area contributed by atoms with Crippen molar-refractivity contribution in [2.75, 3.05) is 38.1 Å². The van der Waals surface area contributed by atoms with Gasteiger partial charge in [0, 0.05) is 38.4 Å². The second-order valence-corrected chi connectivity index (χ2v) is 11.0. The van der Waals surface area contributed by atoms with Crippen molar-refractivity contribution < 1.29 is 27.5 Å². The number of rotatable bonds is 11. The molecule has 0 bridgehead atoms. The summed E-state index contributed by atoms with van der Waals surface area (Å²) >= 11 is 0. The number of benzene rings is 2. The summed E-state index contributed by atoms with van der Waals surface area (Å²) in [4.78, 5) is 29.6. The molecule has 5 rings (SSSR count). The van der Waals surface area contributed by atoms with Crippen LogP contribution in [0.15, 0.2) is 42.5 Å². The second-order valence-electron chi connectivity index (χ2n) is 11.0. The van der Waals surface area contributed by atoms with Crippen molar-refractivity contribution >= 4 is 17.6 Å². The number of halogens is 3. The van der Waals surface area contributed by atoms with Crippen molar-refractivity contribution in [2.45, 2.75) is 51.9 Å². The summed E-state index contributed by atoms with van der Waals surface area (Å²) in [6.07, 6.45) is -0.421. The van der Waals surface area contributed by atoms with Crippen molar-refractivity contribution in [3.63, 3.8) is 0 Å². The fourth-order valence-electron chi connectivity index (χ4n) is 5.60. The van der Waals surface area contributed by atoms with E-state index in [1.54, 1.807) is 13.0 Å². The summed E-state index contributed by atoms with van der Waals surface area (Å²) in [5, 5.41) is 3.28. The van der Waals surface area contributed by atoms with Crippen LogP contribution in [0, 0.1) is 17.8 Å². The van der Waals surface area contributed by atoms with Gasteiger partial charge in [0.05, 0.1) is 24.6 Å². The summed E-state index contributed by atoms with van der Waals surface area (Å²) in [6.45, 7) is 5.01. The molecule has 2 atom stereocenters. The van der Waals surface area contributed by atoms with Gasteiger partial charge >= 0.3 is 12.1 Å². The van der Waals surface area contributed by atoms with Gasteiger partial charge in [-0.15, -0.1) is 0 Å². The molecule has 0 radical (unpaired) electrons. The predicted molar refractivity (Wildman–Crippen MR) is 142 cm³/mol. The number of amides is 1. The Morgan fingerprint density at radius 3 is 2.67 bits per heavy atom. The maximum absolute atomic E-state index is 13.7. The van der Waals surface area contributed by atoms with Gasteiger partial charge in [0.2, 0.25) is 5.91 Å². The van der Waals surface area contributed by atoms with Crippen LogP contribution in [-0.2, 0) is 40.0 Å². The van der Waals surface area contributed by atoms with Crippen LogP contribution < -0.4 is 5.32 Å². The number of carbonyl (C=O) groups is 2. The van der Waals surface area contributed by atoms with Crippen molar-refractivity contribution in [2.24, 2.45) is 17.8 Å². The van der Waals surface area contributed by atoms with Gasteiger partial charge in [0.15, 0.2) is 0 Å². The van der Waals surface area contributed by atoms with Crippen LogP contribution in [0.5, 0.6) is 0 Å². The first kappa shape index (κ1) is 27.5. The third-order valence-electron chi connectivity index (χ3n) is 7.99. The Kier molecular flexibility index (Phi) is 8.16. The Balaban J connectivity index is 1.28. The zero-order valence-electron chi connectivity index (χ0n) is 22.3. The molecule has 0 saturated heterocycles. The SMILES string of the molecule is CCOC(=O)[C@@H]1C[C@H]1CN(Cc1ccccc1C(F)(F)F)C(=O)CNc1cccc2c1CCN(CC1CC1)C2. The average molecular weight is 544 g/mol. The van der Waals surface area contributed by atoms with Gasteiger partial charge in [-0.1, -0.05) is 30.3 Å². The number of hydrogen-bond donors (Lipinski definition) is 1. The van der Waals surface area contributed by atoms with E-state index < -0.39 is 11.7 Å². The van der Waals surface area contributed by atoms with E-state index in [2.05, 4.69) is 16.3 Å². The summed E-state index contributed by atoms with van der Waals surface area (Å²) in [5.41, 5.74) is 2.65. The van der Waals surface area contributed by atoms with Gasteiger partial charge in [0.25, 0.3) is 0 Å². The molecule has 2 saturated carbocycles.